The SMILES string of the molecule is O=C(CCn1cc(Br)cn1)Nc1nn(Cc2ccccc2)cc1Cl. The van der Waals surface area contributed by atoms with Gasteiger partial charge in [-0.1, -0.05) is 41.9 Å². The Morgan fingerprint density at radius 1 is 1.21 bits per heavy atom. The fourth-order valence-electron chi connectivity index (χ4n) is 2.20. The summed E-state index contributed by atoms with van der Waals surface area (Å²) < 4.78 is 4.28. The molecule has 0 saturated carbocycles. The van der Waals surface area contributed by atoms with Crippen molar-refractivity contribution in [2.75, 3.05) is 5.32 Å². The van der Waals surface area contributed by atoms with Crippen LogP contribution in [-0.2, 0) is 17.9 Å². The fourth-order valence-corrected chi connectivity index (χ4v) is 2.73. The lowest BCUT2D eigenvalue weighted by molar-refractivity contribution is -0.116. The number of hydrogen-bond acceptors (Lipinski definition) is 3. The van der Waals surface area contributed by atoms with E-state index in [-0.39, 0.29) is 12.3 Å². The molecule has 0 spiro atoms. The number of nitrogens with zero attached hydrogens (tertiary/aromatic N) is 4. The van der Waals surface area contributed by atoms with Crippen molar-refractivity contribution < 1.29 is 4.79 Å². The van der Waals surface area contributed by atoms with E-state index in [0.717, 1.165) is 10.0 Å². The van der Waals surface area contributed by atoms with Crippen molar-refractivity contribution in [3.8, 4) is 0 Å². The number of halogens is 2. The molecule has 0 aliphatic carbocycles. The molecule has 2 heterocycles. The minimum Gasteiger partial charge on any atom is -0.308 e. The number of aromatic nitrogens is 4. The molecule has 3 rings (SSSR count). The number of benzene rings is 1. The number of amides is 1. The van der Waals surface area contributed by atoms with Gasteiger partial charge in [-0.2, -0.15) is 10.2 Å². The second kappa shape index (κ2) is 7.63. The maximum absolute atomic E-state index is 12.0. The van der Waals surface area contributed by atoms with Crippen LogP contribution < -0.4 is 5.32 Å². The second-order valence-electron chi connectivity index (χ2n) is 5.23. The predicted octanol–water partition coefficient (Wildman–Crippen LogP) is 3.57. The zero-order chi connectivity index (χ0) is 16.9. The molecule has 1 aromatic carbocycles. The first kappa shape index (κ1) is 16.7. The van der Waals surface area contributed by atoms with E-state index < -0.39 is 0 Å². The molecule has 3 aromatic rings. The number of hydrogen-bond donors (Lipinski definition) is 1. The Labute approximate surface area is 152 Å². The Morgan fingerprint density at radius 3 is 2.71 bits per heavy atom. The molecule has 0 saturated heterocycles. The van der Waals surface area contributed by atoms with Crippen LogP contribution in [0.1, 0.15) is 12.0 Å². The van der Waals surface area contributed by atoms with Gasteiger partial charge in [0.2, 0.25) is 5.91 Å². The number of rotatable bonds is 6. The first-order valence-electron chi connectivity index (χ1n) is 7.35. The highest BCUT2D eigenvalue weighted by molar-refractivity contribution is 9.10. The first-order chi connectivity index (χ1) is 11.6. The van der Waals surface area contributed by atoms with E-state index in [9.17, 15) is 4.79 Å². The van der Waals surface area contributed by atoms with Crippen LogP contribution in [0.5, 0.6) is 0 Å². The van der Waals surface area contributed by atoms with Gasteiger partial charge in [-0.15, -0.1) is 0 Å². The maximum atomic E-state index is 12.0. The van der Waals surface area contributed by atoms with Crippen molar-refractivity contribution in [2.45, 2.75) is 19.5 Å². The topological polar surface area (TPSA) is 64.7 Å². The summed E-state index contributed by atoms with van der Waals surface area (Å²) in [5, 5.41) is 11.6. The van der Waals surface area contributed by atoms with E-state index in [1.807, 2.05) is 36.5 Å². The monoisotopic (exact) mass is 407 g/mol. The third kappa shape index (κ3) is 4.46. The molecule has 6 nitrogen and oxygen atoms in total. The zero-order valence-electron chi connectivity index (χ0n) is 12.7. The van der Waals surface area contributed by atoms with E-state index in [4.69, 9.17) is 11.6 Å². The van der Waals surface area contributed by atoms with E-state index >= 15 is 0 Å². The quantitative estimate of drug-likeness (QED) is 0.678. The fraction of sp³-hybridized carbons (Fsp3) is 0.188. The van der Waals surface area contributed by atoms with Gasteiger partial charge in [0.05, 0.1) is 17.2 Å². The van der Waals surface area contributed by atoms with Crippen LogP contribution in [0.3, 0.4) is 0 Å². The van der Waals surface area contributed by atoms with Gasteiger partial charge in [0.1, 0.15) is 5.02 Å². The molecule has 0 atom stereocenters. The lowest BCUT2D eigenvalue weighted by atomic mass is 10.2. The third-order valence-electron chi connectivity index (χ3n) is 3.33. The highest BCUT2D eigenvalue weighted by Gasteiger charge is 2.11. The lowest BCUT2D eigenvalue weighted by Crippen LogP contribution is -2.15. The number of anilines is 1. The summed E-state index contributed by atoms with van der Waals surface area (Å²) in [5.74, 6) is 0.215. The van der Waals surface area contributed by atoms with Crippen molar-refractivity contribution in [2.24, 2.45) is 0 Å². The largest absolute Gasteiger partial charge is 0.308 e. The van der Waals surface area contributed by atoms with E-state index in [1.54, 1.807) is 21.8 Å². The van der Waals surface area contributed by atoms with Gasteiger partial charge in [0.15, 0.2) is 5.82 Å². The first-order valence-corrected chi connectivity index (χ1v) is 8.52. The average molecular weight is 409 g/mol. The lowest BCUT2D eigenvalue weighted by Gasteiger charge is -2.03. The number of aryl methyl sites for hydroxylation is 1. The van der Waals surface area contributed by atoms with Crippen LogP contribution in [0.25, 0.3) is 0 Å². The van der Waals surface area contributed by atoms with Crippen molar-refractivity contribution in [1.29, 1.82) is 0 Å². The van der Waals surface area contributed by atoms with Gasteiger partial charge in [-0.05, 0) is 21.5 Å². The Hall–Kier alpha value is -2.12. The molecule has 24 heavy (non-hydrogen) atoms. The van der Waals surface area contributed by atoms with Gasteiger partial charge in [0, 0.05) is 25.4 Å². The molecule has 0 fully saturated rings. The van der Waals surface area contributed by atoms with Gasteiger partial charge in [-0.3, -0.25) is 14.2 Å². The number of nitrogens with one attached hydrogen (secondary N) is 1. The van der Waals surface area contributed by atoms with Gasteiger partial charge < -0.3 is 5.32 Å². The van der Waals surface area contributed by atoms with Gasteiger partial charge in [0.25, 0.3) is 0 Å². The van der Waals surface area contributed by atoms with Crippen molar-refractivity contribution in [3.05, 3.63) is 64.0 Å². The maximum Gasteiger partial charge on any atom is 0.227 e. The summed E-state index contributed by atoms with van der Waals surface area (Å²) in [4.78, 5) is 12.0. The molecule has 2 aromatic heterocycles. The second-order valence-corrected chi connectivity index (χ2v) is 6.55. The molecule has 0 aliphatic rings. The Bertz CT molecular complexity index is 830. The summed E-state index contributed by atoms with van der Waals surface area (Å²) in [6.07, 6.45) is 5.49. The summed E-state index contributed by atoms with van der Waals surface area (Å²) in [6, 6.07) is 9.92. The van der Waals surface area contributed by atoms with Crippen molar-refractivity contribution in [1.82, 2.24) is 19.6 Å². The molecule has 0 radical (unpaired) electrons. The summed E-state index contributed by atoms with van der Waals surface area (Å²) >= 11 is 9.47. The van der Waals surface area contributed by atoms with Crippen LogP contribution >= 0.6 is 27.5 Å². The Kier molecular flexibility index (Phi) is 5.32. The molecule has 1 amide bonds. The average Bonchev–Trinajstić information content (AvgIpc) is 3.12. The highest BCUT2D eigenvalue weighted by atomic mass is 79.9. The molecule has 8 heteroatoms. The van der Waals surface area contributed by atoms with E-state index in [1.165, 1.54) is 0 Å². The van der Waals surface area contributed by atoms with Crippen LogP contribution in [0.4, 0.5) is 5.82 Å². The molecule has 124 valence electrons. The van der Waals surface area contributed by atoms with Crippen LogP contribution in [0.2, 0.25) is 5.02 Å². The number of carbonyl (C=O) groups is 1. The van der Waals surface area contributed by atoms with Crippen molar-refractivity contribution in [3.63, 3.8) is 0 Å². The van der Waals surface area contributed by atoms with Crippen LogP contribution in [0.15, 0.2) is 53.4 Å². The standard InChI is InChI=1S/C16H15BrClN5O/c17-13-8-19-22(10-13)7-6-15(24)20-16-14(18)11-23(21-16)9-12-4-2-1-3-5-12/h1-5,8,10-11H,6-7,9H2,(H,20,21,24). The van der Waals surface area contributed by atoms with Crippen LogP contribution in [0, 0.1) is 0 Å². The smallest absolute Gasteiger partial charge is 0.227 e. The molecular weight excluding hydrogens is 394 g/mol. The Morgan fingerprint density at radius 2 is 2.00 bits per heavy atom. The molecule has 0 aliphatic heterocycles. The minimum atomic E-state index is -0.159. The predicted molar refractivity (Wildman–Crippen MR) is 96.0 cm³/mol. The molecular formula is C16H15BrClN5O. The number of carbonyl (C=O) groups excluding carboxylic acids is 1. The minimum absolute atomic E-state index is 0.159. The molecule has 1 N–H and O–H groups in total. The molecule has 0 bridgehead atoms. The molecule has 0 unspecified atom stereocenters. The van der Waals surface area contributed by atoms with E-state index in [0.29, 0.717) is 23.9 Å². The van der Waals surface area contributed by atoms with Gasteiger partial charge in [-0.25, -0.2) is 0 Å². The summed E-state index contributed by atoms with van der Waals surface area (Å²) in [5.41, 5.74) is 1.11. The zero-order valence-corrected chi connectivity index (χ0v) is 15.0. The van der Waals surface area contributed by atoms with E-state index in [2.05, 4.69) is 31.4 Å². The highest BCUT2D eigenvalue weighted by Crippen LogP contribution is 2.20. The summed E-state index contributed by atoms with van der Waals surface area (Å²) in [7, 11) is 0. The van der Waals surface area contributed by atoms with Gasteiger partial charge >= 0.3 is 0 Å². The Balaban J connectivity index is 1.57. The third-order valence-corrected chi connectivity index (χ3v) is 4.02. The van der Waals surface area contributed by atoms with Crippen molar-refractivity contribution >= 4 is 39.3 Å². The summed E-state index contributed by atoms with van der Waals surface area (Å²) in [6.45, 7) is 1.08. The van der Waals surface area contributed by atoms with Crippen LogP contribution in [-0.4, -0.2) is 25.5 Å². The normalized spacial score (nSPS) is 10.8.